The molecule has 8 nitrogen and oxygen atoms in total. The van der Waals surface area contributed by atoms with Gasteiger partial charge in [-0.15, -0.1) is 0 Å². The highest BCUT2D eigenvalue weighted by atomic mass is 32.2. The van der Waals surface area contributed by atoms with Crippen molar-refractivity contribution < 1.29 is 31.5 Å². The Labute approximate surface area is 191 Å². The second-order valence-electron chi connectivity index (χ2n) is 7.48. The molecule has 1 heterocycles. The zero-order valence-electron chi connectivity index (χ0n) is 18.0. The summed E-state index contributed by atoms with van der Waals surface area (Å²) in [5.41, 5.74) is 0.563. The van der Waals surface area contributed by atoms with Gasteiger partial charge in [0.15, 0.2) is 11.6 Å². The monoisotopic (exact) mass is 481 g/mol. The first kappa shape index (κ1) is 24.6. The number of hydrogen-bond acceptors (Lipinski definition) is 5. The summed E-state index contributed by atoms with van der Waals surface area (Å²) in [5.74, 6) is -2.89. The number of hydrogen-bond donors (Lipinski definition) is 2. The lowest BCUT2D eigenvalue weighted by Crippen LogP contribution is -2.44. The fourth-order valence-electron chi connectivity index (χ4n) is 3.46. The van der Waals surface area contributed by atoms with Crippen LogP contribution in [0.1, 0.15) is 19.8 Å². The summed E-state index contributed by atoms with van der Waals surface area (Å²) < 4.78 is 58.3. The molecule has 3 rings (SSSR count). The lowest BCUT2D eigenvalue weighted by Gasteiger charge is -2.30. The Balaban J connectivity index is 1.47. The van der Waals surface area contributed by atoms with Crippen molar-refractivity contribution in [2.24, 2.45) is 5.92 Å². The number of ether oxygens (including phenoxy) is 1. The molecule has 0 atom stereocenters. The van der Waals surface area contributed by atoms with Crippen molar-refractivity contribution in [3.05, 3.63) is 54.1 Å². The van der Waals surface area contributed by atoms with Crippen LogP contribution in [0, 0.1) is 17.6 Å². The number of benzene rings is 2. The molecule has 0 aliphatic carbocycles. The average molecular weight is 482 g/mol. The van der Waals surface area contributed by atoms with E-state index in [1.807, 2.05) is 6.92 Å². The first-order chi connectivity index (χ1) is 15.7. The van der Waals surface area contributed by atoms with E-state index in [-0.39, 0.29) is 43.3 Å². The summed E-state index contributed by atoms with van der Waals surface area (Å²) in [5, 5.41) is 5.24. The summed E-state index contributed by atoms with van der Waals surface area (Å²) in [4.78, 5) is 24.2. The Morgan fingerprint density at radius 1 is 1.06 bits per heavy atom. The smallest absolute Gasteiger partial charge is 0.243 e. The van der Waals surface area contributed by atoms with Crippen molar-refractivity contribution in [2.75, 3.05) is 31.6 Å². The maximum absolute atomic E-state index is 13.4. The maximum atomic E-state index is 13.4. The van der Waals surface area contributed by atoms with Gasteiger partial charge in [0.05, 0.1) is 18.0 Å². The number of nitrogens with one attached hydrogen (secondary N) is 2. The fraction of sp³-hybridized carbons (Fsp3) is 0.364. The van der Waals surface area contributed by atoms with E-state index in [4.69, 9.17) is 4.74 Å². The molecule has 178 valence electrons. The minimum Gasteiger partial charge on any atom is -0.494 e. The topological polar surface area (TPSA) is 105 Å². The molecule has 1 saturated heterocycles. The van der Waals surface area contributed by atoms with Gasteiger partial charge in [0.1, 0.15) is 5.75 Å². The minimum atomic E-state index is -4.00. The summed E-state index contributed by atoms with van der Waals surface area (Å²) >= 11 is 0. The van der Waals surface area contributed by atoms with Gasteiger partial charge in [0, 0.05) is 24.7 Å². The van der Waals surface area contributed by atoms with Crippen molar-refractivity contribution in [2.45, 2.75) is 24.7 Å². The Hall–Kier alpha value is -3.05. The van der Waals surface area contributed by atoms with Crippen molar-refractivity contribution in [3.8, 4) is 5.75 Å². The van der Waals surface area contributed by atoms with Gasteiger partial charge in [0.2, 0.25) is 21.8 Å². The van der Waals surface area contributed by atoms with E-state index in [1.165, 1.54) is 0 Å². The maximum Gasteiger partial charge on any atom is 0.243 e. The first-order valence-electron chi connectivity index (χ1n) is 10.5. The second kappa shape index (κ2) is 10.7. The molecule has 2 amide bonds. The largest absolute Gasteiger partial charge is 0.494 e. The Kier molecular flexibility index (Phi) is 7.98. The lowest BCUT2D eigenvalue weighted by molar-refractivity contribution is -0.128. The number of amides is 2. The molecule has 2 aromatic rings. The van der Waals surface area contributed by atoms with Gasteiger partial charge < -0.3 is 15.4 Å². The van der Waals surface area contributed by atoms with Crippen LogP contribution in [0.3, 0.4) is 0 Å². The normalized spacial score (nSPS) is 15.1. The SMILES string of the molecule is CCOc1ccc(NC(=O)CNC(=O)C2CCN(S(=O)(=O)c3ccc(F)c(F)c3)CC2)cc1. The van der Waals surface area contributed by atoms with Gasteiger partial charge in [-0.3, -0.25) is 9.59 Å². The quantitative estimate of drug-likeness (QED) is 0.603. The number of piperidine rings is 1. The van der Waals surface area contributed by atoms with E-state index in [0.717, 1.165) is 16.4 Å². The molecule has 0 radical (unpaired) electrons. The number of sulfonamides is 1. The molecule has 33 heavy (non-hydrogen) atoms. The van der Waals surface area contributed by atoms with Crippen LogP contribution in [0.25, 0.3) is 0 Å². The second-order valence-corrected chi connectivity index (χ2v) is 9.42. The third kappa shape index (κ3) is 6.26. The van der Waals surface area contributed by atoms with Gasteiger partial charge in [-0.05, 0) is 62.2 Å². The van der Waals surface area contributed by atoms with E-state index in [0.29, 0.717) is 24.1 Å². The zero-order valence-corrected chi connectivity index (χ0v) is 18.8. The predicted octanol–water partition coefficient (Wildman–Crippen LogP) is 2.52. The van der Waals surface area contributed by atoms with Gasteiger partial charge in [-0.2, -0.15) is 4.31 Å². The molecule has 11 heteroatoms. The van der Waals surface area contributed by atoms with Crippen LogP contribution >= 0.6 is 0 Å². The van der Waals surface area contributed by atoms with Gasteiger partial charge >= 0.3 is 0 Å². The zero-order chi connectivity index (χ0) is 24.0. The molecule has 0 aromatic heterocycles. The number of anilines is 1. The average Bonchev–Trinajstić information content (AvgIpc) is 2.80. The van der Waals surface area contributed by atoms with E-state index in [1.54, 1.807) is 24.3 Å². The van der Waals surface area contributed by atoms with Crippen LogP contribution in [-0.4, -0.2) is 50.8 Å². The van der Waals surface area contributed by atoms with E-state index < -0.39 is 33.5 Å². The molecule has 1 aliphatic rings. The van der Waals surface area contributed by atoms with E-state index >= 15 is 0 Å². The summed E-state index contributed by atoms with van der Waals surface area (Å²) in [6, 6.07) is 9.24. The Morgan fingerprint density at radius 3 is 2.33 bits per heavy atom. The third-order valence-corrected chi connectivity index (χ3v) is 7.12. The summed E-state index contributed by atoms with van der Waals surface area (Å²) in [6.45, 7) is 2.29. The van der Waals surface area contributed by atoms with Crippen LogP contribution in [0.5, 0.6) is 5.75 Å². The standard InChI is InChI=1S/C22H25F2N3O5S/c1-2-32-17-5-3-16(4-6-17)26-21(28)14-25-22(29)15-9-11-27(12-10-15)33(30,31)18-7-8-19(23)20(24)13-18/h3-8,13,15H,2,9-12,14H2,1H3,(H,25,29)(H,26,28). The fourth-order valence-corrected chi connectivity index (χ4v) is 4.94. The predicted molar refractivity (Wildman–Crippen MR) is 117 cm³/mol. The molecule has 0 saturated carbocycles. The molecule has 1 fully saturated rings. The molecule has 0 unspecified atom stereocenters. The number of halogens is 2. The summed E-state index contributed by atoms with van der Waals surface area (Å²) in [6.07, 6.45) is 0.491. The number of carbonyl (C=O) groups is 2. The first-order valence-corrected chi connectivity index (χ1v) is 11.9. The summed E-state index contributed by atoms with van der Waals surface area (Å²) in [7, 11) is -4.00. The van der Waals surface area contributed by atoms with E-state index in [2.05, 4.69) is 10.6 Å². The molecule has 1 aliphatic heterocycles. The third-order valence-electron chi connectivity index (χ3n) is 5.23. The number of nitrogens with zero attached hydrogens (tertiary/aromatic N) is 1. The lowest BCUT2D eigenvalue weighted by atomic mass is 9.97. The molecular weight excluding hydrogens is 456 g/mol. The Bertz CT molecular complexity index is 1100. The van der Waals surface area contributed by atoms with Crippen molar-refractivity contribution >= 4 is 27.5 Å². The van der Waals surface area contributed by atoms with Crippen LogP contribution in [0.2, 0.25) is 0 Å². The van der Waals surface area contributed by atoms with Crippen molar-refractivity contribution in [3.63, 3.8) is 0 Å². The van der Waals surface area contributed by atoms with Gasteiger partial charge in [0.25, 0.3) is 0 Å². The molecule has 2 N–H and O–H groups in total. The molecule has 0 spiro atoms. The number of carbonyl (C=O) groups excluding carboxylic acids is 2. The Morgan fingerprint density at radius 2 is 1.73 bits per heavy atom. The highest BCUT2D eigenvalue weighted by Gasteiger charge is 2.32. The number of rotatable bonds is 8. The van der Waals surface area contributed by atoms with Crippen molar-refractivity contribution in [1.82, 2.24) is 9.62 Å². The molecule has 2 aromatic carbocycles. The highest BCUT2D eigenvalue weighted by Crippen LogP contribution is 2.25. The van der Waals surface area contributed by atoms with E-state index in [9.17, 15) is 26.8 Å². The highest BCUT2D eigenvalue weighted by molar-refractivity contribution is 7.89. The van der Waals surface area contributed by atoms with Crippen LogP contribution in [-0.2, 0) is 19.6 Å². The van der Waals surface area contributed by atoms with Crippen LogP contribution in [0.4, 0.5) is 14.5 Å². The van der Waals surface area contributed by atoms with Crippen LogP contribution < -0.4 is 15.4 Å². The van der Waals surface area contributed by atoms with Crippen molar-refractivity contribution in [1.29, 1.82) is 0 Å². The minimum absolute atomic E-state index is 0.0534. The molecule has 0 bridgehead atoms. The van der Waals surface area contributed by atoms with Gasteiger partial charge in [-0.25, -0.2) is 17.2 Å². The molecular formula is C22H25F2N3O5S. The van der Waals surface area contributed by atoms with Gasteiger partial charge in [-0.1, -0.05) is 0 Å². The van der Waals surface area contributed by atoms with Crippen LogP contribution in [0.15, 0.2) is 47.4 Å².